The molecule has 1 aromatic rings. The van der Waals surface area contributed by atoms with Crippen molar-refractivity contribution in [3.05, 3.63) is 23.8 Å². The summed E-state index contributed by atoms with van der Waals surface area (Å²) in [4.78, 5) is 14.3. The molecule has 19 heavy (non-hydrogen) atoms. The van der Waals surface area contributed by atoms with Crippen molar-refractivity contribution >= 4 is 17.5 Å². The fourth-order valence-corrected chi connectivity index (χ4v) is 2.50. The van der Waals surface area contributed by atoms with E-state index in [9.17, 15) is 4.79 Å². The highest BCUT2D eigenvalue weighted by Crippen LogP contribution is 2.25. The number of ether oxygens (including phenoxy) is 2. The molecule has 0 heterocycles. The highest BCUT2D eigenvalue weighted by Gasteiger charge is 2.13. The molecule has 0 aromatic heterocycles. The van der Waals surface area contributed by atoms with Gasteiger partial charge < -0.3 is 14.4 Å². The summed E-state index contributed by atoms with van der Waals surface area (Å²) in [5, 5.41) is 0. The average molecular weight is 283 g/mol. The monoisotopic (exact) mass is 283 g/mol. The van der Waals surface area contributed by atoms with Crippen LogP contribution < -0.4 is 9.47 Å². The first kappa shape index (κ1) is 15.9. The molecular formula is C14H21NO3S. The van der Waals surface area contributed by atoms with Crippen molar-refractivity contribution in [3.8, 4) is 11.5 Å². The summed E-state index contributed by atoms with van der Waals surface area (Å²) in [6.45, 7) is 0.965. The van der Waals surface area contributed by atoms with Crippen molar-refractivity contribution in [2.24, 2.45) is 0 Å². The molecule has 0 radical (unpaired) electrons. The Morgan fingerprint density at radius 1 is 1.26 bits per heavy atom. The first-order valence-electron chi connectivity index (χ1n) is 6.06. The Kier molecular flexibility index (Phi) is 6.73. The Bertz CT molecular complexity index is 421. The maximum atomic E-state index is 12.2. The summed E-state index contributed by atoms with van der Waals surface area (Å²) in [5.41, 5.74) is 0.583. The largest absolute Gasteiger partial charge is 0.497 e. The third-order valence-corrected chi connectivity index (χ3v) is 3.56. The van der Waals surface area contributed by atoms with Gasteiger partial charge in [-0.3, -0.25) is 4.79 Å². The van der Waals surface area contributed by atoms with E-state index in [1.807, 2.05) is 14.1 Å². The van der Waals surface area contributed by atoms with E-state index in [-0.39, 0.29) is 5.78 Å². The van der Waals surface area contributed by atoms with Crippen LogP contribution in [0.2, 0.25) is 0 Å². The molecule has 5 heteroatoms. The number of rotatable bonds is 8. The zero-order valence-electron chi connectivity index (χ0n) is 11.9. The van der Waals surface area contributed by atoms with Gasteiger partial charge in [0.25, 0.3) is 0 Å². The molecule has 106 valence electrons. The molecule has 0 bridgehead atoms. The van der Waals surface area contributed by atoms with E-state index in [0.29, 0.717) is 22.8 Å². The minimum Gasteiger partial charge on any atom is -0.497 e. The van der Waals surface area contributed by atoms with Crippen LogP contribution >= 0.6 is 11.8 Å². The number of carbonyl (C=O) groups is 1. The first-order chi connectivity index (χ1) is 9.08. The number of ketones is 1. The lowest BCUT2D eigenvalue weighted by atomic mass is 10.1. The fraction of sp³-hybridized carbons (Fsp3) is 0.500. The molecule has 0 aliphatic heterocycles. The number of hydrogen-bond donors (Lipinski definition) is 0. The van der Waals surface area contributed by atoms with E-state index in [2.05, 4.69) is 4.90 Å². The smallest absolute Gasteiger partial charge is 0.176 e. The number of methoxy groups -OCH3 is 2. The molecule has 0 spiro atoms. The van der Waals surface area contributed by atoms with Gasteiger partial charge in [-0.15, -0.1) is 0 Å². The van der Waals surface area contributed by atoms with Gasteiger partial charge in [-0.05, 0) is 32.3 Å². The summed E-state index contributed by atoms with van der Waals surface area (Å²) in [7, 11) is 7.20. The third kappa shape index (κ3) is 5.12. The molecule has 0 saturated carbocycles. The lowest BCUT2D eigenvalue weighted by molar-refractivity contribution is 0.101. The zero-order chi connectivity index (χ0) is 14.3. The lowest BCUT2D eigenvalue weighted by Crippen LogP contribution is -2.16. The normalized spacial score (nSPS) is 10.6. The van der Waals surface area contributed by atoms with Gasteiger partial charge in [0.1, 0.15) is 11.5 Å². The van der Waals surface area contributed by atoms with Gasteiger partial charge in [0.2, 0.25) is 0 Å². The second-order valence-corrected chi connectivity index (χ2v) is 5.45. The van der Waals surface area contributed by atoms with Crippen LogP contribution in [0.4, 0.5) is 0 Å². The van der Waals surface area contributed by atoms with Crippen LogP contribution in [0.15, 0.2) is 18.2 Å². The highest BCUT2D eigenvalue weighted by atomic mass is 32.2. The molecule has 0 saturated heterocycles. The van der Waals surface area contributed by atoms with Crippen LogP contribution in [-0.4, -0.2) is 57.0 Å². The van der Waals surface area contributed by atoms with E-state index < -0.39 is 0 Å². The van der Waals surface area contributed by atoms with E-state index in [1.54, 1.807) is 44.2 Å². The maximum Gasteiger partial charge on any atom is 0.176 e. The Morgan fingerprint density at radius 3 is 2.58 bits per heavy atom. The second-order valence-electron chi connectivity index (χ2n) is 4.35. The van der Waals surface area contributed by atoms with E-state index >= 15 is 0 Å². The van der Waals surface area contributed by atoms with Gasteiger partial charge in [0.15, 0.2) is 5.78 Å². The van der Waals surface area contributed by atoms with Crippen LogP contribution in [0.1, 0.15) is 10.4 Å². The average Bonchev–Trinajstić information content (AvgIpc) is 2.42. The van der Waals surface area contributed by atoms with Gasteiger partial charge in [-0.1, -0.05) is 0 Å². The van der Waals surface area contributed by atoms with Crippen molar-refractivity contribution < 1.29 is 14.3 Å². The molecule has 0 unspecified atom stereocenters. The van der Waals surface area contributed by atoms with Gasteiger partial charge in [-0.25, -0.2) is 0 Å². The predicted octanol–water partition coefficient (Wildman–Crippen LogP) is 2.18. The SMILES string of the molecule is COc1ccc(OC)c(C(=O)CSCCN(C)C)c1. The number of nitrogens with zero attached hydrogens (tertiary/aromatic N) is 1. The molecule has 4 nitrogen and oxygen atoms in total. The number of thioether (sulfide) groups is 1. The molecule has 0 aliphatic carbocycles. The Labute approximate surface area is 119 Å². The third-order valence-electron chi connectivity index (χ3n) is 2.62. The molecule has 0 fully saturated rings. The number of carbonyl (C=O) groups excluding carboxylic acids is 1. The van der Waals surface area contributed by atoms with Crippen molar-refractivity contribution in [2.75, 3.05) is 46.4 Å². The number of Topliss-reactive ketones (excluding diaryl/α,β-unsaturated/α-hetero) is 1. The van der Waals surface area contributed by atoms with Gasteiger partial charge in [-0.2, -0.15) is 11.8 Å². The minimum absolute atomic E-state index is 0.0690. The number of hydrogen-bond acceptors (Lipinski definition) is 5. The summed E-state index contributed by atoms with van der Waals surface area (Å²) in [6, 6.07) is 5.28. The van der Waals surface area contributed by atoms with E-state index in [0.717, 1.165) is 12.3 Å². The number of benzene rings is 1. The van der Waals surface area contributed by atoms with Gasteiger partial charge in [0.05, 0.1) is 25.5 Å². The van der Waals surface area contributed by atoms with Gasteiger partial charge >= 0.3 is 0 Å². The molecule has 1 aromatic carbocycles. The van der Waals surface area contributed by atoms with E-state index in [1.165, 1.54) is 0 Å². The Morgan fingerprint density at radius 2 is 2.00 bits per heavy atom. The summed E-state index contributed by atoms with van der Waals surface area (Å²) < 4.78 is 10.4. The van der Waals surface area contributed by atoms with E-state index in [4.69, 9.17) is 9.47 Å². The van der Waals surface area contributed by atoms with Crippen molar-refractivity contribution in [1.29, 1.82) is 0 Å². The fourth-order valence-electron chi connectivity index (χ4n) is 1.52. The molecule has 0 amide bonds. The maximum absolute atomic E-state index is 12.2. The standard InChI is InChI=1S/C14H21NO3S/c1-15(2)7-8-19-10-13(16)12-9-11(17-3)5-6-14(12)18-4/h5-6,9H,7-8,10H2,1-4H3. The molecule has 0 N–H and O–H groups in total. The molecule has 1 rings (SSSR count). The van der Waals surface area contributed by atoms with Crippen LogP contribution in [-0.2, 0) is 0 Å². The topological polar surface area (TPSA) is 38.8 Å². The van der Waals surface area contributed by atoms with Crippen molar-refractivity contribution in [1.82, 2.24) is 4.90 Å². The quantitative estimate of drug-likeness (QED) is 0.540. The Hall–Kier alpha value is -1.20. The first-order valence-corrected chi connectivity index (χ1v) is 7.21. The van der Waals surface area contributed by atoms with Crippen molar-refractivity contribution in [2.45, 2.75) is 0 Å². The minimum atomic E-state index is 0.0690. The second kappa shape index (κ2) is 8.07. The molecular weight excluding hydrogens is 262 g/mol. The van der Waals surface area contributed by atoms with Crippen LogP contribution in [0.25, 0.3) is 0 Å². The molecule has 0 atom stereocenters. The predicted molar refractivity (Wildman–Crippen MR) is 79.8 cm³/mol. The van der Waals surface area contributed by atoms with Crippen LogP contribution in [0.3, 0.4) is 0 Å². The molecule has 0 aliphatic rings. The summed E-state index contributed by atoms with van der Waals surface area (Å²) in [6.07, 6.45) is 0. The summed E-state index contributed by atoms with van der Waals surface area (Å²) >= 11 is 1.63. The lowest BCUT2D eigenvalue weighted by Gasteiger charge is -2.10. The van der Waals surface area contributed by atoms with Gasteiger partial charge in [0, 0.05) is 12.3 Å². The van der Waals surface area contributed by atoms with Crippen LogP contribution in [0, 0.1) is 0 Å². The van der Waals surface area contributed by atoms with Crippen LogP contribution in [0.5, 0.6) is 11.5 Å². The summed E-state index contributed by atoms with van der Waals surface area (Å²) in [5.74, 6) is 2.73. The van der Waals surface area contributed by atoms with Crippen molar-refractivity contribution in [3.63, 3.8) is 0 Å². The highest BCUT2D eigenvalue weighted by molar-refractivity contribution is 8.00. The zero-order valence-corrected chi connectivity index (χ0v) is 12.8. The Balaban J connectivity index is 2.64.